The van der Waals surface area contributed by atoms with Gasteiger partial charge in [-0.05, 0) is 79.7 Å². The Morgan fingerprint density at radius 3 is 2.35 bits per heavy atom. The summed E-state index contributed by atoms with van der Waals surface area (Å²) in [5, 5.41) is 2.66. The number of aryl methyl sites for hydroxylation is 1. The van der Waals surface area contributed by atoms with E-state index in [1.807, 2.05) is 35.2 Å². The van der Waals surface area contributed by atoms with E-state index in [4.69, 9.17) is 16.3 Å². The molecule has 3 aromatic rings. The fourth-order valence-electron chi connectivity index (χ4n) is 4.37. The molecule has 1 aliphatic rings. The summed E-state index contributed by atoms with van der Waals surface area (Å²) in [6, 6.07) is 19.0. The predicted molar refractivity (Wildman–Crippen MR) is 149 cm³/mol. The number of carbonyl (C=O) groups excluding carboxylic acids is 2. The van der Waals surface area contributed by atoms with Crippen LogP contribution in [-0.4, -0.2) is 65.8 Å². The van der Waals surface area contributed by atoms with Gasteiger partial charge in [0.1, 0.15) is 5.75 Å². The van der Waals surface area contributed by atoms with Crippen molar-refractivity contribution in [1.29, 1.82) is 0 Å². The monoisotopic (exact) mass is 539 g/mol. The maximum Gasteiger partial charge on any atom is 0.261 e. The average Bonchev–Trinajstić information content (AvgIpc) is 3.58. The summed E-state index contributed by atoms with van der Waals surface area (Å²) in [5.41, 5.74) is 2.24. The van der Waals surface area contributed by atoms with E-state index in [2.05, 4.69) is 23.3 Å². The molecule has 0 saturated carbocycles. The molecule has 1 fully saturated rings. The van der Waals surface area contributed by atoms with Gasteiger partial charge in [0, 0.05) is 29.5 Å². The van der Waals surface area contributed by atoms with Crippen LogP contribution in [0.5, 0.6) is 5.75 Å². The molecule has 6 nitrogen and oxygen atoms in total. The van der Waals surface area contributed by atoms with Gasteiger partial charge < -0.3 is 19.4 Å². The SMILES string of the molecule is Cc1ccsc1CN(Cc1ccccc1)C(=O)CN(CCN1CCCC1)C(=O)COc1ccc(Cl)cc1. The molecule has 0 bridgehead atoms. The third-order valence-electron chi connectivity index (χ3n) is 6.61. The molecule has 8 heteroatoms. The van der Waals surface area contributed by atoms with Crippen LogP contribution in [0.1, 0.15) is 28.8 Å². The van der Waals surface area contributed by atoms with E-state index in [-0.39, 0.29) is 25.0 Å². The van der Waals surface area contributed by atoms with E-state index < -0.39 is 0 Å². The van der Waals surface area contributed by atoms with Crippen molar-refractivity contribution in [3.8, 4) is 5.75 Å². The Bertz CT molecular complexity index is 1150. The summed E-state index contributed by atoms with van der Waals surface area (Å²) in [5.74, 6) is 0.301. The van der Waals surface area contributed by atoms with Gasteiger partial charge in [-0.1, -0.05) is 41.9 Å². The number of hydrogen-bond acceptors (Lipinski definition) is 5. The van der Waals surface area contributed by atoms with Crippen molar-refractivity contribution in [2.75, 3.05) is 39.3 Å². The minimum atomic E-state index is -0.200. The molecule has 0 atom stereocenters. The summed E-state index contributed by atoms with van der Waals surface area (Å²) < 4.78 is 5.73. The third kappa shape index (κ3) is 8.32. The van der Waals surface area contributed by atoms with Gasteiger partial charge in [-0.15, -0.1) is 11.3 Å². The number of nitrogens with zero attached hydrogens (tertiary/aromatic N) is 3. The zero-order valence-corrected chi connectivity index (χ0v) is 22.8. The smallest absolute Gasteiger partial charge is 0.261 e. The highest BCUT2D eigenvalue weighted by molar-refractivity contribution is 7.10. The molecule has 1 aliphatic heterocycles. The molecule has 2 heterocycles. The first kappa shape index (κ1) is 27.2. The Morgan fingerprint density at radius 1 is 0.946 bits per heavy atom. The summed E-state index contributed by atoms with van der Waals surface area (Å²) >= 11 is 7.61. The molecule has 196 valence electrons. The molecule has 0 unspecified atom stereocenters. The van der Waals surface area contributed by atoms with E-state index in [9.17, 15) is 9.59 Å². The summed E-state index contributed by atoms with van der Waals surface area (Å²) in [4.78, 5) is 33.9. The van der Waals surface area contributed by atoms with E-state index in [0.29, 0.717) is 30.4 Å². The number of amides is 2. The Labute approximate surface area is 228 Å². The molecular weight excluding hydrogens is 506 g/mol. The average molecular weight is 540 g/mol. The lowest BCUT2D eigenvalue weighted by molar-refractivity contribution is -0.142. The van der Waals surface area contributed by atoms with Crippen LogP contribution < -0.4 is 4.74 Å². The van der Waals surface area contributed by atoms with Crippen molar-refractivity contribution in [1.82, 2.24) is 14.7 Å². The van der Waals surface area contributed by atoms with Gasteiger partial charge >= 0.3 is 0 Å². The lowest BCUT2D eigenvalue weighted by Crippen LogP contribution is -2.46. The van der Waals surface area contributed by atoms with Crippen LogP contribution >= 0.6 is 22.9 Å². The Morgan fingerprint density at radius 2 is 1.68 bits per heavy atom. The summed E-state index contributed by atoms with van der Waals surface area (Å²) in [7, 11) is 0. The molecule has 1 aromatic heterocycles. The quantitative estimate of drug-likeness (QED) is 0.316. The van der Waals surface area contributed by atoms with Crippen LogP contribution in [0.4, 0.5) is 0 Å². The molecule has 0 aliphatic carbocycles. The Hall–Kier alpha value is -2.87. The second-order valence-electron chi connectivity index (χ2n) is 9.37. The fraction of sp³-hybridized carbons (Fsp3) is 0.379. The van der Waals surface area contributed by atoms with Crippen LogP contribution in [-0.2, 0) is 22.7 Å². The molecule has 2 amide bonds. The number of benzene rings is 2. The highest BCUT2D eigenvalue weighted by Gasteiger charge is 2.24. The van der Waals surface area contributed by atoms with E-state index in [0.717, 1.165) is 30.1 Å². The number of hydrogen-bond donors (Lipinski definition) is 0. The number of halogens is 1. The first-order valence-electron chi connectivity index (χ1n) is 12.7. The zero-order valence-electron chi connectivity index (χ0n) is 21.3. The van der Waals surface area contributed by atoms with Gasteiger partial charge in [0.05, 0.1) is 13.1 Å². The molecule has 1 saturated heterocycles. The molecular formula is C29H34ClN3O3S. The van der Waals surface area contributed by atoms with Crippen LogP contribution in [0, 0.1) is 6.92 Å². The maximum absolute atomic E-state index is 13.7. The van der Waals surface area contributed by atoms with Gasteiger partial charge in [-0.3, -0.25) is 9.59 Å². The van der Waals surface area contributed by atoms with Gasteiger partial charge in [0.15, 0.2) is 6.61 Å². The standard InChI is InChI=1S/C29H34ClN3O3S/c1-23-13-18-37-27(23)20-33(19-24-7-3-2-4-8-24)28(34)21-32(17-16-31-14-5-6-15-31)29(35)22-36-26-11-9-25(30)10-12-26/h2-4,7-13,18H,5-6,14-17,19-22H2,1H3. The first-order valence-corrected chi connectivity index (χ1v) is 14.0. The number of likely N-dealkylation sites (tertiary alicyclic amines) is 1. The van der Waals surface area contributed by atoms with Crippen molar-refractivity contribution in [2.45, 2.75) is 32.9 Å². The first-order chi connectivity index (χ1) is 18.0. The van der Waals surface area contributed by atoms with Crippen molar-refractivity contribution < 1.29 is 14.3 Å². The lowest BCUT2D eigenvalue weighted by Gasteiger charge is -2.29. The van der Waals surface area contributed by atoms with Crippen molar-refractivity contribution in [3.05, 3.63) is 87.1 Å². The van der Waals surface area contributed by atoms with Gasteiger partial charge in [0.25, 0.3) is 5.91 Å². The number of rotatable bonds is 12. The van der Waals surface area contributed by atoms with Gasteiger partial charge in [-0.25, -0.2) is 0 Å². The summed E-state index contributed by atoms with van der Waals surface area (Å²) in [6.07, 6.45) is 2.36. The van der Waals surface area contributed by atoms with Crippen LogP contribution in [0.25, 0.3) is 0 Å². The third-order valence-corrected chi connectivity index (χ3v) is 7.87. The second-order valence-corrected chi connectivity index (χ2v) is 10.8. The fourth-order valence-corrected chi connectivity index (χ4v) is 5.41. The molecule has 37 heavy (non-hydrogen) atoms. The minimum absolute atomic E-state index is 0.0217. The largest absolute Gasteiger partial charge is 0.484 e. The number of ether oxygens (including phenoxy) is 1. The van der Waals surface area contributed by atoms with Gasteiger partial charge in [-0.2, -0.15) is 0 Å². The van der Waals surface area contributed by atoms with Crippen LogP contribution in [0.2, 0.25) is 5.02 Å². The zero-order chi connectivity index (χ0) is 26.0. The number of carbonyl (C=O) groups is 2. The van der Waals surface area contributed by atoms with Crippen molar-refractivity contribution in [2.24, 2.45) is 0 Å². The topological polar surface area (TPSA) is 53.1 Å². The molecule has 4 rings (SSSR count). The molecule has 2 aromatic carbocycles. The van der Waals surface area contributed by atoms with Crippen molar-refractivity contribution >= 4 is 34.8 Å². The molecule has 0 spiro atoms. The maximum atomic E-state index is 13.7. The normalized spacial score (nSPS) is 13.5. The van der Waals surface area contributed by atoms with E-state index in [1.54, 1.807) is 40.5 Å². The van der Waals surface area contributed by atoms with Crippen molar-refractivity contribution in [3.63, 3.8) is 0 Å². The minimum Gasteiger partial charge on any atom is -0.484 e. The second kappa shape index (κ2) is 13.6. The van der Waals surface area contributed by atoms with E-state index >= 15 is 0 Å². The van der Waals surface area contributed by atoms with Crippen LogP contribution in [0.3, 0.4) is 0 Å². The lowest BCUT2D eigenvalue weighted by atomic mass is 10.2. The Kier molecular flexibility index (Phi) is 9.99. The Balaban J connectivity index is 1.46. The number of thiophene rings is 1. The van der Waals surface area contributed by atoms with E-state index in [1.165, 1.54) is 18.4 Å². The highest BCUT2D eigenvalue weighted by Crippen LogP contribution is 2.20. The summed E-state index contributed by atoms with van der Waals surface area (Å²) in [6.45, 7) is 6.29. The molecule has 0 N–H and O–H groups in total. The highest BCUT2D eigenvalue weighted by atomic mass is 35.5. The van der Waals surface area contributed by atoms with Crippen LogP contribution in [0.15, 0.2) is 66.0 Å². The molecule has 0 radical (unpaired) electrons. The van der Waals surface area contributed by atoms with Gasteiger partial charge in [0.2, 0.25) is 5.91 Å². The predicted octanol–water partition coefficient (Wildman–Crippen LogP) is 5.24.